The van der Waals surface area contributed by atoms with E-state index in [1.54, 1.807) is 19.2 Å². The van der Waals surface area contributed by atoms with E-state index in [4.69, 9.17) is 4.74 Å². The molecule has 0 saturated heterocycles. The number of benzene rings is 2. The lowest BCUT2D eigenvalue weighted by molar-refractivity contribution is -0.138. The minimum absolute atomic E-state index is 0.0258. The third-order valence-electron chi connectivity index (χ3n) is 2.95. The first-order chi connectivity index (χ1) is 9.91. The molecule has 0 heterocycles. The van der Waals surface area contributed by atoms with Crippen molar-refractivity contribution in [2.75, 3.05) is 12.4 Å². The van der Waals surface area contributed by atoms with Gasteiger partial charge >= 0.3 is 6.18 Å². The highest BCUT2D eigenvalue weighted by Crippen LogP contribution is 2.36. The second-order valence-corrected chi connectivity index (χ2v) is 5.21. The molecule has 0 spiro atoms. The van der Waals surface area contributed by atoms with Crippen molar-refractivity contribution in [1.82, 2.24) is 0 Å². The van der Waals surface area contributed by atoms with Gasteiger partial charge in [-0.05, 0) is 24.3 Å². The standard InChI is InChI=1S/C15H13BrF3NO/c1-21-14-5-3-2-4-10(14)9-20-11-6-7-13(16)12(8-11)15(17,18)19/h2-8,20H,9H2,1H3. The zero-order valence-electron chi connectivity index (χ0n) is 11.2. The van der Waals surface area contributed by atoms with E-state index in [1.165, 1.54) is 6.07 Å². The van der Waals surface area contributed by atoms with Gasteiger partial charge in [0, 0.05) is 22.3 Å². The summed E-state index contributed by atoms with van der Waals surface area (Å²) in [5.41, 5.74) is 0.570. The predicted molar refractivity (Wildman–Crippen MR) is 79.5 cm³/mol. The summed E-state index contributed by atoms with van der Waals surface area (Å²) in [5, 5.41) is 2.97. The molecule has 0 unspecified atom stereocenters. The van der Waals surface area contributed by atoms with Crippen LogP contribution in [-0.2, 0) is 12.7 Å². The maximum atomic E-state index is 12.8. The fraction of sp³-hybridized carbons (Fsp3) is 0.200. The van der Waals surface area contributed by atoms with E-state index in [0.29, 0.717) is 18.0 Å². The zero-order chi connectivity index (χ0) is 15.5. The van der Waals surface area contributed by atoms with E-state index in [2.05, 4.69) is 21.2 Å². The van der Waals surface area contributed by atoms with Gasteiger partial charge < -0.3 is 10.1 Å². The van der Waals surface area contributed by atoms with Crippen LogP contribution >= 0.6 is 15.9 Å². The van der Waals surface area contributed by atoms with Crippen molar-refractivity contribution >= 4 is 21.6 Å². The Kier molecular flexibility index (Phi) is 4.77. The number of alkyl halides is 3. The summed E-state index contributed by atoms with van der Waals surface area (Å²) in [7, 11) is 1.56. The van der Waals surface area contributed by atoms with Crippen LogP contribution in [0.5, 0.6) is 5.75 Å². The maximum absolute atomic E-state index is 12.8. The van der Waals surface area contributed by atoms with Crippen LogP contribution in [0.2, 0.25) is 0 Å². The summed E-state index contributed by atoms with van der Waals surface area (Å²) in [5.74, 6) is 0.693. The van der Waals surface area contributed by atoms with E-state index in [-0.39, 0.29) is 4.47 Å². The number of rotatable bonds is 4. The summed E-state index contributed by atoms with van der Waals surface area (Å²) in [6, 6.07) is 11.4. The van der Waals surface area contributed by atoms with E-state index >= 15 is 0 Å². The number of hydrogen-bond donors (Lipinski definition) is 1. The monoisotopic (exact) mass is 359 g/mol. The van der Waals surface area contributed by atoms with E-state index in [9.17, 15) is 13.2 Å². The molecule has 0 bridgehead atoms. The number of para-hydroxylation sites is 1. The molecule has 112 valence electrons. The van der Waals surface area contributed by atoms with Crippen molar-refractivity contribution < 1.29 is 17.9 Å². The topological polar surface area (TPSA) is 21.3 Å². The van der Waals surface area contributed by atoms with Crippen molar-refractivity contribution in [2.24, 2.45) is 0 Å². The van der Waals surface area contributed by atoms with Crippen molar-refractivity contribution in [3.8, 4) is 5.75 Å². The van der Waals surface area contributed by atoms with Crippen LogP contribution in [0.4, 0.5) is 18.9 Å². The minimum atomic E-state index is -4.39. The Morgan fingerprint density at radius 1 is 1.14 bits per heavy atom. The summed E-state index contributed by atoms with van der Waals surface area (Å²) in [6.45, 7) is 0.378. The number of nitrogens with one attached hydrogen (secondary N) is 1. The summed E-state index contributed by atoms with van der Waals surface area (Å²) >= 11 is 2.92. The van der Waals surface area contributed by atoms with Gasteiger partial charge in [-0.3, -0.25) is 0 Å². The van der Waals surface area contributed by atoms with Crippen molar-refractivity contribution in [3.63, 3.8) is 0 Å². The van der Waals surface area contributed by atoms with Crippen molar-refractivity contribution in [3.05, 3.63) is 58.1 Å². The zero-order valence-corrected chi connectivity index (χ0v) is 12.8. The molecule has 0 aliphatic heterocycles. The Labute approximate surface area is 129 Å². The van der Waals surface area contributed by atoms with Crippen molar-refractivity contribution in [1.29, 1.82) is 0 Å². The molecule has 2 nitrogen and oxygen atoms in total. The Morgan fingerprint density at radius 3 is 2.52 bits per heavy atom. The average Bonchev–Trinajstić information content (AvgIpc) is 2.45. The molecular weight excluding hydrogens is 347 g/mol. The molecule has 2 aromatic carbocycles. The second-order valence-electron chi connectivity index (χ2n) is 4.36. The number of hydrogen-bond acceptors (Lipinski definition) is 2. The van der Waals surface area contributed by atoms with Gasteiger partial charge in [0.25, 0.3) is 0 Å². The second kappa shape index (κ2) is 6.39. The molecule has 0 aliphatic rings. The predicted octanol–water partition coefficient (Wildman–Crippen LogP) is 5.09. The highest BCUT2D eigenvalue weighted by Gasteiger charge is 2.33. The average molecular weight is 360 g/mol. The first-order valence-electron chi connectivity index (χ1n) is 6.14. The van der Waals surface area contributed by atoms with Crippen LogP contribution in [0.15, 0.2) is 46.9 Å². The molecule has 2 aromatic rings. The largest absolute Gasteiger partial charge is 0.496 e. The van der Waals surface area contributed by atoms with Crippen LogP contribution in [0.1, 0.15) is 11.1 Å². The van der Waals surface area contributed by atoms with Gasteiger partial charge in [0.15, 0.2) is 0 Å². The lowest BCUT2D eigenvalue weighted by atomic mass is 10.1. The normalized spacial score (nSPS) is 11.3. The molecule has 1 N–H and O–H groups in total. The number of halogens is 4. The van der Waals surface area contributed by atoms with Gasteiger partial charge in [-0.25, -0.2) is 0 Å². The maximum Gasteiger partial charge on any atom is 0.417 e. The van der Waals surface area contributed by atoms with Crippen LogP contribution < -0.4 is 10.1 Å². The Hall–Kier alpha value is -1.69. The van der Waals surface area contributed by atoms with E-state index in [1.807, 2.05) is 18.2 Å². The fourth-order valence-corrected chi connectivity index (χ4v) is 2.37. The summed E-state index contributed by atoms with van der Waals surface area (Å²) < 4.78 is 43.7. The van der Waals surface area contributed by atoms with Crippen LogP contribution in [-0.4, -0.2) is 7.11 Å². The molecule has 0 saturated carbocycles. The Morgan fingerprint density at radius 2 is 1.86 bits per heavy atom. The molecular formula is C15H13BrF3NO. The molecule has 6 heteroatoms. The van der Waals surface area contributed by atoms with E-state index < -0.39 is 11.7 Å². The van der Waals surface area contributed by atoms with Crippen molar-refractivity contribution in [2.45, 2.75) is 12.7 Å². The number of anilines is 1. The number of methoxy groups -OCH3 is 1. The molecule has 0 aromatic heterocycles. The van der Waals surface area contributed by atoms with Crippen LogP contribution in [0.3, 0.4) is 0 Å². The molecule has 0 amide bonds. The fourth-order valence-electron chi connectivity index (χ4n) is 1.90. The molecule has 21 heavy (non-hydrogen) atoms. The number of ether oxygens (including phenoxy) is 1. The molecule has 0 aliphatic carbocycles. The lowest BCUT2D eigenvalue weighted by Crippen LogP contribution is -2.08. The van der Waals surface area contributed by atoms with Gasteiger partial charge in [-0.1, -0.05) is 34.1 Å². The molecule has 0 radical (unpaired) electrons. The van der Waals surface area contributed by atoms with Gasteiger partial charge in [0.2, 0.25) is 0 Å². The highest BCUT2D eigenvalue weighted by atomic mass is 79.9. The summed E-state index contributed by atoms with van der Waals surface area (Å²) in [6.07, 6.45) is -4.39. The first kappa shape index (κ1) is 15.7. The quantitative estimate of drug-likeness (QED) is 0.820. The molecule has 0 fully saturated rings. The van der Waals surface area contributed by atoms with Gasteiger partial charge in [-0.15, -0.1) is 0 Å². The third kappa shape index (κ3) is 3.91. The summed E-state index contributed by atoms with van der Waals surface area (Å²) in [4.78, 5) is 0. The van der Waals surface area contributed by atoms with Gasteiger partial charge in [0.1, 0.15) is 5.75 Å². The van der Waals surface area contributed by atoms with Crippen LogP contribution in [0.25, 0.3) is 0 Å². The Balaban J connectivity index is 2.17. The smallest absolute Gasteiger partial charge is 0.417 e. The van der Waals surface area contributed by atoms with E-state index in [0.717, 1.165) is 11.6 Å². The molecule has 2 rings (SSSR count). The van der Waals surface area contributed by atoms with Crippen LogP contribution in [0, 0.1) is 0 Å². The minimum Gasteiger partial charge on any atom is -0.496 e. The third-order valence-corrected chi connectivity index (χ3v) is 3.64. The molecule has 0 atom stereocenters. The van der Waals surface area contributed by atoms with Gasteiger partial charge in [-0.2, -0.15) is 13.2 Å². The Bertz CT molecular complexity index is 629. The lowest BCUT2D eigenvalue weighted by Gasteiger charge is -2.13. The SMILES string of the molecule is COc1ccccc1CNc1ccc(Br)c(C(F)(F)F)c1. The van der Waals surface area contributed by atoms with Gasteiger partial charge in [0.05, 0.1) is 12.7 Å². The highest BCUT2D eigenvalue weighted by molar-refractivity contribution is 9.10. The first-order valence-corrected chi connectivity index (χ1v) is 6.93.